The van der Waals surface area contributed by atoms with Crippen LogP contribution in [0.4, 0.5) is 0 Å². The van der Waals surface area contributed by atoms with E-state index in [9.17, 15) is 4.79 Å². The van der Waals surface area contributed by atoms with Crippen LogP contribution in [-0.2, 0) is 6.54 Å². The van der Waals surface area contributed by atoms with Gasteiger partial charge in [-0.1, -0.05) is 54.6 Å². The molecule has 22 heavy (non-hydrogen) atoms. The SMILES string of the molecule is O=C(N=c1ccccn1Cc1ccccc1)c1ccccc1. The van der Waals surface area contributed by atoms with Crippen molar-refractivity contribution >= 4 is 5.91 Å². The number of amides is 1. The van der Waals surface area contributed by atoms with Crippen LogP contribution in [0.25, 0.3) is 0 Å². The summed E-state index contributed by atoms with van der Waals surface area (Å²) in [5.41, 5.74) is 2.42. The zero-order valence-electron chi connectivity index (χ0n) is 12.1. The maximum Gasteiger partial charge on any atom is 0.278 e. The molecule has 0 aliphatic rings. The van der Waals surface area contributed by atoms with Crippen LogP contribution in [0.5, 0.6) is 0 Å². The van der Waals surface area contributed by atoms with E-state index in [1.165, 1.54) is 5.56 Å². The molecule has 0 N–H and O–H groups in total. The monoisotopic (exact) mass is 288 g/mol. The summed E-state index contributed by atoms with van der Waals surface area (Å²) in [5, 5.41) is 0. The van der Waals surface area contributed by atoms with Crippen molar-refractivity contribution in [3.05, 3.63) is 102 Å². The van der Waals surface area contributed by atoms with E-state index < -0.39 is 0 Å². The van der Waals surface area contributed by atoms with Gasteiger partial charge in [-0.25, -0.2) is 0 Å². The standard InChI is InChI=1S/C19H16N2O/c22-19(17-11-5-2-6-12-17)20-18-13-7-8-14-21(18)15-16-9-3-1-4-10-16/h1-14H,15H2. The summed E-state index contributed by atoms with van der Waals surface area (Å²) in [4.78, 5) is 16.5. The fourth-order valence-corrected chi connectivity index (χ4v) is 2.23. The van der Waals surface area contributed by atoms with Crippen LogP contribution in [0.1, 0.15) is 15.9 Å². The minimum atomic E-state index is -0.228. The van der Waals surface area contributed by atoms with E-state index in [-0.39, 0.29) is 5.91 Å². The second-order valence-corrected chi connectivity index (χ2v) is 4.96. The lowest BCUT2D eigenvalue weighted by atomic mass is 10.2. The predicted molar refractivity (Wildman–Crippen MR) is 86.3 cm³/mol. The van der Waals surface area contributed by atoms with E-state index >= 15 is 0 Å². The van der Waals surface area contributed by atoms with Crippen LogP contribution in [0.3, 0.4) is 0 Å². The fraction of sp³-hybridized carbons (Fsp3) is 0.0526. The summed E-state index contributed by atoms with van der Waals surface area (Å²) in [6, 6.07) is 24.9. The Morgan fingerprint density at radius 2 is 1.45 bits per heavy atom. The smallest absolute Gasteiger partial charge is 0.278 e. The van der Waals surface area contributed by atoms with E-state index in [1.807, 2.05) is 65.4 Å². The van der Waals surface area contributed by atoms with Gasteiger partial charge in [0.15, 0.2) is 0 Å². The summed E-state index contributed by atoms with van der Waals surface area (Å²) < 4.78 is 1.97. The predicted octanol–water partition coefficient (Wildman–Crippen LogP) is 3.28. The highest BCUT2D eigenvalue weighted by atomic mass is 16.1. The number of pyridine rings is 1. The number of aromatic nitrogens is 1. The zero-order chi connectivity index (χ0) is 15.2. The van der Waals surface area contributed by atoms with E-state index in [1.54, 1.807) is 12.1 Å². The molecule has 0 atom stereocenters. The van der Waals surface area contributed by atoms with Crippen molar-refractivity contribution in [2.45, 2.75) is 6.54 Å². The lowest BCUT2D eigenvalue weighted by Gasteiger charge is -2.07. The van der Waals surface area contributed by atoms with E-state index in [2.05, 4.69) is 17.1 Å². The first-order chi connectivity index (χ1) is 10.8. The molecule has 1 aromatic heterocycles. The number of hydrogen-bond donors (Lipinski definition) is 0. The second kappa shape index (κ2) is 6.68. The highest BCUT2D eigenvalue weighted by molar-refractivity contribution is 5.94. The Morgan fingerprint density at radius 3 is 2.18 bits per heavy atom. The molecule has 0 unspecified atom stereocenters. The number of benzene rings is 2. The molecule has 1 heterocycles. The zero-order valence-corrected chi connectivity index (χ0v) is 12.1. The topological polar surface area (TPSA) is 34.4 Å². The van der Waals surface area contributed by atoms with Gasteiger partial charge < -0.3 is 4.57 Å². The Labute approximate surface area is 129 Å². The van der Waals surface area contributed by atoms with Crippen LogP contribution < -0.4 is 5.49 Å². The highest BCUT2D eigenvalue weighted by Crippen LogP contribution is 2.02. The number of carbonyl (C=O) groups excluding carboxylic acids is 1. The van der Waals surface area contributed by atoms with Crippen LogP contribution in [0, 0.1) is 0 Å². The Bertz CT molecular complexity index is 821. The molecule has 108 valence electrons. The van der Waals surface area contributed by atoms with Gasteiger partial charge in [-0.3, -0.25) is 4.79 Å². The van der Waals surface area contributed by atoms with E-state index in [4.69, 9.17) is 0 Å². The second-order valence-electron chi connectivity index (χ2n) is 4.96. The van der Waals surface area contributed by atoms with Crippen molar-refractivity contribution in [1.82, 2.24) is 4.57 Å². The summed E-state index contributed by atoms with van der Waals surface area (Å²) in [7, 11) is 0. The Kier molecular flexibility index (Phi) is 4.25. The van der Waals surface area contributed by atoms with Crippen LogP contribution in [-0.4, -0.2) is 10.5 Å². The van der Waals surface area contributed by atoms with Crippen molar-refractivity contribution in [3.8, 4) is 0 Å². The fourth-order valence-electron chi connectivity index (χ4n) is 2.23. The van der Waals surface area contributed by atoms with Gasteiger partial charge in [-0.15, -0.1) is 0 Å². The lowest BCUT2D eigenvalue weighted by Crippen LogP contribution is -2.22. The molecule has 0 radical (unpaired) electrons. The normalized spacial score (nSPS) is 11.4. The van der Waals surface area contributed by atoms with Gasteiger partial charge in [0.2, 0.25) is 0 Å². The molecule has 0 aliphatic heterocycles. The number of rotatable bonds is 3. The minimum absolute atomic E-state index is 0.228. The first-order valence-corrected chi connectivity index (χ1v) is 7.16. The third kappa shape index (κ3) is 3.38. The Hall–Kier alpha value is -2.94. The lowest BCUT2D eigenvalue weighted by molar-refractivity contribution is 0.0997. The molecule has 3 rings (SSSR count). The van der Waals surface area contributed by atoms with Crippen molar-refractivity contribution in [2.75, 3.05) is 0 Å². The largest absolute Gasteiger partial charge is 0.328 e. The molecular weight excluding hydrogens is 272 g/mol. The molecule has 3 aromatic rings. The molecule has 1 amide bonds. The molecule has 0 aliphatic carbocycles. The van der Waals surface area contributed by atoms with Crippen LogP contribution in [0.15, 0.2) is 90.1 Å². The van der Waals surface area contributed by atoms with Crippen LogP contribution >= 0.6 is 0 Å². The van der Waals surface area contributed by atoms with Gasteiger partial charge >= 0.3 is 0 Å². The van der Waals surface area contributed by atoms with Gasteiger partial charge in [0.25, 0.3) is 5.91 Å². The van der Waals surface area contributed by atoms with Gasteiger partial charge in [0.1, 0.15) is 5.49 Å². The van der Waals surface area contributed by atoms with Gasteiger partial charge in [-0.05, 0) is 29.8 Å². The molecule has 3 nitrogen and oxygen atoms in total. The quantitative estimate of drug-likeness (QED) is 0.728. The average Bonchev–Trinajstić information content (AvgIpc) is 2.58. The Morgan fingerprint density at radius 1 is 0.818 bits per heavy atom. The summed E-state index contributed by atoms with van der Waals surface area (Å²) in [6.45, 7) is 0.683. The number of carbonyl (C=O) groups is 1. The van der Waals surface area contributed by atoms with Gasteiger partial charge in [0, 0.05) is 18.3 Å². The molecular formula is C19H16N2O. The summed E-state index contributed by atoms with van der Waals surface area (Å²) >= 11 is 0. The first-order valence-electron chi connectivity index (χ1n) is 7.16. The molecule has 0 spiro atoms. The maximum atomic E-state index is 12.2. The van der Waals surface area contributed by atoms with Crippen molar-refractivity contribution in [1.29, 1.82) is 0 Å². The molecule has 3 heteroatoms. The molecule has 0 saturated carbocycles. The third-order valence-corrected chi connectivity index (χ3v) is 3.35. The van der Waals surface area contributed by atoms with E-state index in [0.29, 0.717) is 17.6 Å². The van der Waals surface area contributed by atoms with Gasteiger partial charge in [-0.2, -0.15) is 4.99 Å². The first kappa shape index (κ1) is 14.0. The van der Waals surface area contributed by atoms with Crippen molar-refractivity contribution in [2.24, 2.45) is 4.99 Å². The highest BCUT2D eigenvalue weighted by Gasteiger charge is 2.03. The third-order valence-electron chi connectivity index (χ3n) is 3.35. The molecule has 2 aromatic carbocycles. The van der Waals surface area contributed by atoms with Gasteiger partial charge in [0.05, 0.1) is 0 Å². The molecule has 0 bridgehead atoms. The van der Waals surface area contributed by atoms with Crippen LogP contribution in [0.2, 0.25) is 0 Å². The number of hydrogen-bond acceptors (Lipinski definition) is 1. The number of nitrogens with zero attached hydrogens (tertiary/aromatic N) is 2. The maximum absolute atomic E-state index is 12.2. The van der Waals surface area contributed by atoms with Crippen molar-refractivity contribution in [3.63, 3.8) is 0 Å². The Balaban J connectivity index is 1.94. The van der Waals surface area contributed by atoms with Crippen molar-refractivity contribution < 1.29 is 4.79 Å². The molecule has 0 fully saturated rings. The summed E-state index contributed by atoms with van der Waals surface area (Å²) in [6.07, 6.45) is 1.93. The average molecular weight is 288 g/mol. The molecule has 0 saturated heterocycles. The minimum Gasteiger partial charge on any atom is -0.328 e. The van der Waals surface area contributed by atoms with E-state index in [0.717, 1.165) is 0 Å². The summed E-state index contributed by atoms with van der Waals surface area (Å²) in [5.74, 6) is -0.228.